The SMILES string of the molecule is COc1ccc(C(=O)O[C@@H](C)C(=O)N2CCc3ccccc32)cc1. The number of esters is 1. The fraction of sp³-hybridized carbons (Fsp3) is 0.263. The van der Waals surface area contributed by atoms with E-state index in [1.807, 2.05) is 24.3 Å². The van der Waals surface area contributed by atoms with E-state index in [1.54, 1.807) is 43.2 Å². The van der Waals surface area contributed by atoms with Crippen LogP contribution >= 0.6 is 0 Å². The van der Waals surface area contributed by atoms with Gasteiger partial charge in [0.15, 0.2) is 6.10 Å². The molecule has 0 N–H and O–H groups in total. The van der Waals surface area contributed by atoms with Gasteiger partial charge in [0.25, 0.3) is 5.91 Å². The molecule has 0 saturated heterocycles. The van der Waals surface area contributed by atoms with Gasteiger partial charge in [-0.25, -0.2) is 4.79 Å². The van der Waals surface area contributed by atoms with Gasteiger partial charge in [0, 0.05) is 12.2 Å². The summed E-state index contributed by atoms with van der Waals surface area (Å²) in [5.74, 6) is -0.0721. The van der Waals surface area contributed by atoms with E-state index in [0.29, 0.717) is 17.9 Å². The van der Waals surface area contributed by atoms with Gasteiger partial charge >= 0.3 is 5.97 Å². The summed E-state index contributed by atoms with van der Waals surface area (Å²) < 4.78 is 10.4. The van der Waals surface area contributed by atoms with Crippen LogP contribution in [0.5, 0.6) is 5.75 Å². The van der Waals surface area contributed by atoms with E-state index in [1.165, 1.54) is 0 Å². The zero-order valence-corrected chi connectivity index (χ0v) is 13.7. The van der Waals surface area contributed by atoms with Gasteiger partial charge in [-0.2, -0.15) is 0 Å². The molecule has 1 aliphatic rings. The number of carbonyl (C=O) groups is 2. The third-order valence-corrected chi connectivity index (χ3v) is 4.11. The molecule has 1 amide bonds. The maximum Gasteiger partial charge on any atom is 0.338 e. The third kappa shape index (κ3) is 3.11. The number of hydrogen-bond acceptors (Lipinski definition) is 4. The second kappa shape index (κ2) is 6.74. The van der Waals surface area contributed by atoms with Crippen molar-refractivity contribution in [3.8, 4) is 5.75 Å². The van der Waals surface area contributed by atoms with Crippen LogP contribution in [0.3, 0.4) is 0 Å². The smallest absolute Gasteiger partial charge is 0.338 e. The molecule has 1 aliphatic heterocycles. The number of methoxy groups -OCH3 is 1. The molecular formula is C19H19NO4. The molecule has 2 aromatic carbocycles. The molecule has 0 aromatic heterocycles. The fourth-order valence-corrected chi connectivity index (χ4v) is 2.79. The highest BCUT2D eigenvalue weighted by Crippen LogP contribution is 2.28. The summed E-state index contributed by atoms with van der Waals surface area (Å²) in [6.45, 7) is 2.22. The Morgan fingerprint density at radius 1 is 1.08 bits per heavy atom. The van der Waals surface area contributed by atoms with Crippen LogP contribution in [0.4, 0.5) is 5.69 Å². The summed E-state index contributed by atoms with van der Waals surface area (Å²) >= 11 is 0. The Morgan fingerprint density at radius 2 is 1.79 bits per heavy atom. The highest BCUT2D eigenvalue weighted by atomic mass is 16.5. The number of carbonyl (C=O) groups excluding carboxylic acids is 2. The first-order valence-electron chi connectivity index (χ1n) is 7.84. The molecule has 24 heavy (non-hydrogen) atoms. The maximum atomic E-state index is 12.6. The van der Waals surface area contributed by atoms with Gasteiger partial charge in [0.05, 0.1) is 12.7 Å². The number of benzene rings is 2. The second-order valence-electron chi connectivity index (χ2n) is 5.64. The predicted molar refractivity (Wildman–Crippen MR) is 90.4 cm³/mol. The number of nitrogens with zero attached hydrogens (tertiary/aromatic N) is 1. The van der Waals surface area contributed by atoms with Crippen LogP contribution in [0.15, 0.2) is 48.5 Å². The number of fused-ring (bicyclic) bond motifs is 1. The molecule has 3 rings (SSSR count). The molecule has 2 aromatic rings. The third-order valence-electron chi connectivity index (χ3n) is 4.11. The average molecular weight is 325 g/mol. The Labute approximate surface area is 140 Å². The van der Waals surface area contributed by atoms with Gasteiger partial charge in [-0.05, 0) is 49.2 Å². The molecule has 0 bridgehead atoms. The Kier molecular flexibility index (Phi) is 4.51. The minimum Gasteiger partial charge on any atom is -0.497 e. The van der Waals surface area contributed by atoms with E-state index in [9.17, 15) is 9.59 Å². The summed E-state index contributed by atoms with van der Waals surface area (Å²) in [7, 11) is 1.56. The van der Waals surface area contributed by atoms with E-state index in [-0.39, 0.29) is 5.91 Å². The second-order valence-corrected chi connectivity index (χ2v) is 5.64. The van der Waals surface area contributed by atoms with E-state index in [0.717, 1.165) is 17.7 Å². The zero-order valence-electron chi connectivity index (χ0n) is 13.7. The van der Waals surface area contributed by atoms with Crippen molar-refractivity contribution in [2.45, 2.75) is 19.4 Å². The Balaban J connectivity index is 1.67. The lowest BCUT2D eigenvalue weighted by Gasteiger charge is -2.21. The lowest BCUT2D eigenvalue weighted by atomic mass is 10.2. The summed E-state index contributed by atoms with van der Waals surface area (Å²) in [5.41, 5.74) is 2.42. The minimum atomic E-state index is -0.842. The lowest BCUT2D eigenvalue weighted by Crippen LogP contribution is -2.39. The van der Waals surface area contributed by atoms with Crippen LogP contribution in [-0.2, 0) is 16.0 Å². The largest absolute Gasteiger partial charge is 0.497 e. The van der Waals surface area contributed by atoms with Gasteiger partial charge < -0.3 is 14.4 Å². The van der Waals surface area contributed by atoms with Crippen LogP contribution in [0, 0.1) is 0 Å². The monoisotopic (exact) mass is 325 g/mol. The van der Waals surface area contributed by atoms with E-state index in [4.69, 9.17) is 9.47 Å². The number of para-hydroxylation sites is 1. The molecular weight excluding hydrogens is 306 g/mol. The highest BCUT2D eigenvalue weighted by Gasteiger charge is 2.29. The number of anilines is 1. The van der Waals surface area contributed by atoms with Crippen molar-refractivity contribution in [1.82, 2.24) is 0 Å². The van der Waals surface area contributed by atoms with Crippen molar-refractivity contribution in [2.75, 3.05) is 18.6 Å². The summed E-state index contributed by atoms with van der Waals surface area (Å²) in [5, 5.41) is 0. The first-order chi connectivity index (χ1) is 11.6. The van der Waals surface area contributed by atoms with Crippen molar-refractivity contribution < 1.29 is 19.1 Å². The van der Waals surface area contributed by atoms with Gasteiger partial charge in [0.2, 0.25) is 0 Å². The standard InChI is InChI=1S/C19H19NO4/c1-13(24-19(22)15-7-9-16(23-2)10-8-15)18(21)20-12-11-14-5-3-4-6-17(14)20/h3-10,13H,11-12H2,1-2H3/t13-/m0/s1. The van der Waals surface area contributed by atoms with Gasteiger partial charge in [-0.15, -0.1) is 0 Å². The fourth-order valence-electron chi connectivity index (χ4n) is 2.79. The topological polar surface area (TPSA) is 55.8 Å². The van der Waals surface area contributed by atoms with Gasteiger partial charge in [0.1, 0.15) is 5.75 Å². The van der Waals surface area contributed by atoms with Crippen LogP contribution in [-0.4, -0.2) is 31.6 Å². The zero-order chi connectivity index (χ0) is 17.1. The molecule has 0 unspecified atom stereocenters. The van der Waals surface area contributed by atoms with Gasteiger partial charge in [-0.1, -0.05) is 18.2 Å². The molecule has 124 valence electrons. The number of ether oxygens (including phenoxy) is 2. The van der Waals surface area contributed by atoms with Crippen LogP contribution in [0.1, 0.15) is 22.8 Å². The molecule has 1 atom stereocenters. The summed E-state index contributed by atoms with van der Waals surface area (Å²) in [6.07, 6.45) is -0.0214. The van der Waals surface area contributed by atoms with E-state index < -0.39 is 12.1 Å². The first kappa shape index (κ1) is 16.1. The van der Waals surface area contributed by atoms with Crippen LogP contribution in [0.2, 0.25) is 0 Å². The maximum absolute atomic E-state index is 12.6. The quantitative estimate of drug-likeness (QED) is 0.811. The molecule has 1 heterocycles. The van der Waals surface area contributed by atoms with Crippen LogP contribution < -0.4 is 9.64 Å². The molecule has 0 spiro atoms. The number of amides is 1. The van der Waals surface area contributed by atoms with Crippen molar-refractivity contribution in [1.29, 1.82) is 0 Å². The molecule has 0 radical (unpaired) electrons. The molecule has 0 fully saturated rings. The average Bonchev–Trinajstić information content (AvgIpc) is 3.05. The first-order valence-corrected chi connectivity index (χ1v) is 7.84. The molecule has 0 saturated carbocycles. The van der Waals surface area contributed by atoms with Crippen molar-refractivity contribution >= 4 is 17.6 Å². The lowest BCUT2D eigenvalue weighted by molar-refractivity contribution is -0.126. The molecule has 5 nitrogen and oxygen atoms in total. The Bertz CT molecular complexity index is 754. The summed E-state index contributed by atoms with van der Waals surface area (Å²) in [4.78, 5) is 26.5. The number of rotatable bonds is 4. The molecule has 5 heteroatoms. The van der Waals surface area contributed by atoms with E-state index in [2.05, 4.69) is 0 Å². The Morgan fingerprint density at radius 3 is 2.50 bits per heavy atom. The summed E-state index contributed by atoms with van der Waals surface area (Å²) in [6, 6.07) is 14.4. The van der Waals surface area contributed by atoms with E-state index >= 15 is 0 Å². The van der Waals surface area contributed by atoms with Crippen LogP contribution in [0.25, 0.3) is 0 Å². The highest BCUT2D eigenvalue weighted by molar-refractivity contribution is 6.00. The normalized spacial score (nSPS) is 14.0. The molecule has 0 aliphatic carbocycles. The minimum absolute atomic E-state index is 0.207. The number of hydrogen-bond donors (Lipinski definition) is 0. The van der Waals surface area contributed by atoms with Crippen molar-refractivity contribution in [2.24, 2.45) is 0 Å². The Hall–Kier alpha value is -2.82. The van der Waals surface area contributed by atoms with Gasteiger partial charge in [-0.3, -0.25) is 4.79 Å². The van der Waals surface area contributed by atoms with Crippen molar-refractivity contribution in [3.63, 3.8) is 0 Å². The predicted octanol–water partition coefficient (Wildman–Crippen LogP) is 2.83. The van der Waals surface area contributed by atoms with Crippen molar-refractivity contribution in [3.05, 3.63) is 59.7 Å².